The maximum Gasteiger partial charge on any atom is 0.326 e. The van der Waals surface area contributed by atoms with Gasteiger partial charge in [0, 0.05) is 35.4 Å². The molecule has 1 aliphatic rings. The van der Waals surface area contributed by atoms with Crippen molar-refractivity contribution in [3.05, 3.63) is 77.6 Å². The fourth-order valence-corrected chi connectivity index (χ4v) is 4.52. The molecule has 10 nitrogen and oxygen atoms in total. The third-order valence-electron chi connectivity index (χ3n) is 5.79. The van der Waals surface area contributed by atoms with Gasteiger partial charge in [0.2, 0.25) is 5.91 Å². The molecule has 4 aromatic rings. The minimum atomic E-state index is -1.14. The van der Waals surface area contributed by atoms with Gasteiger partial charge >= 0.3 is 5.97 Å². The number of nitrogens with one attached hydrogen (secondary N) is 2. The molecule has 2 atom stereocenters. The van der Waals surface area contributed by atoms with Gasteiger partial charge in [-0.2, -0.15) is 0 Å². The molecule has 0 spiro atoms. The van der Waals surface area contributed by atoms with Crippen LogP contribution in [0.3, 0.4) is 0 Å². The zero-order chi connectivity index (χ0) is 25.1. The molecule has 1 unspecified atom stereocenters. The van der Waals surface area contributed by atoms with E-state index in [1.54, 1.807) is 22.9 Å². The predicted molar refractivity (Wildman–Crippen MR) is 135 cm³/mol. The molecule has 0 bridgehead atoms. The molecular formula is C25H22N6O4S. The van der Waals surface area contributed by atoms with E-state index in [0.717, 1.165) is 16.4 Å². The smallest absolute Gasteiger partial charge is 0.326 e. The molecule has 0 saturated heterocycles. The molecule has 2 aromatic carbocycles. The average Bonchev–Trinajstić information content (AvgIpc) is 3.55. The highest BCUT2D eigenvalue weighted by molar-refractivity contribution is 7.13. The van der Waals surface area contributed by atoms with Gasteiger partial charge in [0.15, 0.2) is 11.0 Å². The first-order chi connectivity index (χ1) is 17.5. The quantitative estimate of drug-likeness (QED) is 0.286. The summed E-state index contributed by atoms with van der Waals surface area (Å²) in [4.78, 5) is 29.2. The van der Waals surface area contributed by atoms with Gasteiger partial charge in [-0.15, -0.1) is 21.5 Å². The first kappa shape index (κ1) is 23.2. The second-order valence-corrected chi connectivity index (χ2v) is 9.13. The molecule has 0 radical (unpaired) electrons. The largest absolute Gasteiger partial charge is 0.508 e. The average molecular weight is 503 g/mol. The Morgan fingerprint density at radius 2 is 1.89 bits per heavy atom. The van der Waals surface area contributed by atoms with Crippen molar-refractivity contribution in [2.75, 3.05) is 5.32 Å². The number of nitrogens with zero attached hydrogens (tertiary/aromatic N) is 4. The number of anilines is 2. The Labute approximate surface area is 210 Å². The first-order valence-corrected chi connectivity index (χ1v) is 12.1. The van der Waals surface area contributed by atoms with E-state index in [-0.39, 0.29) is 12.2 Å². The minimum absolute atomic E-state index is 0.0865. The van der Waals surface area contributed by atoms with E-state index < -0.39 is 23.8 Å². The van der Waals surface area contributed by atoms with Gasteiger partial charge in [0.05, 0.1) is 0 Å². The Morgan fingerprint density at radius 3 is 2.58 bits per heavy atom. The van der Waals surface area contributed by atoms with Gasteiger partial charge in [0.25, 0.3) is 0 Å². The first-order valence-electron chi connectivity index (χ1n) is 11.2. The molecule has 11 heteroatoms. The van der Waals surface area contributed by atoms with E-state index in [9.17, 15) is 19.8 Å². The van der Waals surface area contributed by atoms with Crippen LogP contribution in [0.25, 0.3) is 17.6 Å². The number of carboxylic acid groups (broad SMARTS) is 1. The van der Waals surface area contributed by atoms with E-state index in [2.05, 4.69) is 25.8 Å². The molecule has 0 saturated carbocycles. The molecule has 1 amide bonds. The van der Waals surface area contributed by atoms with E-state index in [0.29, 0.717) is 23.6 Å². The van der Waals surface area contributed by atoms with Crippen molar-refractivity contribution in [2.24, 2.45) is 0 Å². The van der Waals surface area contributed by atoms with Gasteiger partial charge < -0.3 is 20.8 Å². The number of hydrogen-bond acceptors (Lipinski definition) is 8. The number of phenols is 1. The molecule has 0 fully saturated rings. The van der Waals surface area contributed by atoms with Crippen molar-refractivity contribution in [1.82, 2.24) is 25.1 Å². The lowest BCUT2D eigenvalue weighted by Gasteiger charge is -2.21. The monoisotopic (exact) mass is 502 g/mol. The molecular weight excluding hydrogens is 480 g/mol. The number of aromatic hydroxyl groups is 1. The summed E-state index contributed by atoms with van der Waals surface area (Å²) in [6.07, 6.45) is 5.86. The standard InChI is InChI=1S/C25H22N6O4S/c32-18-9-3-15(4-10-18)14-20(24(34)35)28-23(33)19-2-1-12-31-21(29-30-22(19)31)16-5-7-17(8-6-16)27-25-26-11-13-36-25/h1,3-13,19-20,32H,2,14H2,(H,26,27)(H,28,33)(H,34,35)/t19?,20-/m0/s1. The molecule has 4 N–H and O–H groups in total. The highest BCUT2D eigenvalue weighted by Crippen LogP contribution is 2.30. The molecule has 36 heavy (non-hydrogen) atoms. The number of phenolic OH excluding ortho intramolecular Hbond substituents is 1. The van der Waals surface area contributed by atoms with Crippen molar-refractivity contribution in [3.63, 3.8) is 0 Å². The van der Waals surface area contributed by atoms with Crippen LogP contribution in [0.4, 0.5) is 10.8 Å². The molecule has 2 aromatic heterocycles. The second-order valence-electron chi connectivity index (χ2n) is 8.23. The number of aromatic nitrogens is 4. The van der Waals surface area contributed by atoms with E-state index in [4.69, 9.17) is 0 Å². The number of rotatable bonds is 8. The number of carbonyl (C=O) groups excluding carboxylic acids is 1. The van der Waals surface area contributed by atoms with Crippen molar-refractivity contribution in [3.8, 4) is 17.1 Å². The van der Waals surface area contributed by atoms with Crippen LogP contribution in [0.1, 0.15) is 23.7 Å². The summed E-state index contributed by atoms with van der Waals surface area (Å²) in [6, 6.07) is 12.7. The number of hydrogen-bond donors (Lipinski definition) is 4. The highest BCUT2D eigenvalue weighted by Gasteiger charge is 2.32. The Balaban J connectivity index is 1.32. The normalized spacial score (nSPS) is 15.2. The third-order valence-corrected chi connectivity index (χ3v) is 6.48. The lowest BCUT2D eigenvalue weighted by Crippen LogP contribution is -2.45. The summed E-state index contributed by atoms with van der Waals surface area (Å²) in [6.45, 7) is 0. The Morgan fingerprint density at radius 1 is 1.11 bits per heavy atom. The number of amides is 1. The number of carbonyl (C=O) groups is 2. The van der Waals surface area contributed by atoms with Crippen molar-refractivity contribution >= 4 is 40.2 Å². The fourth-order valence-electron chi connectivity index (χ4n) is 3.97. The summed E-state index contributed by atoms with van der Waals surface area (Å²) >= 11 is 1.51. The van der Waals surface area contributed by atoms with Crippen molar-refractivity contribution in [2.45, 2.75) is 24.8 Å². The zero-order valence-corrected chi connectivity index (χ0v) is 19.7. The maximum absolute atomic E-state index is 13.1. The summed E-state index contributed by atoms with van der Waals surface area (Å²) < 4.78 is 1.76. The van der Waals surface area contributed by atoms with Gasteiger partial charge in [-0.05, 0) is 48.4 Å². The predicted octanol–water partition coefficient (Wildman–Crippen LogP) is 3.62. The fraction of sp³-hybridized carbons (Fsp3) is 0.160. The summed E-state index contributed by atoms with van der Waals surface area (Å²) in [5, 5.41) is 36.2. The lowest BCUT2D eigenvalue weighted by atomic mass is 9.99. The van der Waals surface area contributed by atoms with Crippen LogP contribution >= 0.6 is 11.3 Å². The van der Waals surface area contributed by atoms with E-state index in [1.165, 1.54) is 23.5 Å². The van der Waals surface area contributed by atoms with Crippen LogP contribution in [-0.4, -0.2) is 47.9 Å². The zero-order valence-electron chi connectivity index (χ0n) is 18.9. The van der Waals surface area contributed by atoms with Crippen LogP contribution in [-0.2, 0) is 16.0 Å². The van der Waals surface area contributed by atoms with Crippen LogP contribution in [0.2, 0.25) is 0 Å². The number of allylic oxidation sites excluding steroid dienone is 1. The molecule has 0 aliphatic carbocycles. The number of carboxylic acids is 1. The highest BCUT2D eigenvalue weighted by atomic mass is 32.1. The molecule has 5 rings (SSSR count). The van der Waals surface area contributed by atoms with Crippen LogP contribution in [0, 0.1) is 0 Å². The topological polar surface area (TPSA) is 142 Å². The summed E-state index contributed by atoms with van der Waals surface area (Å²) in [7, 11) is 0. The number of benzene rings is 2. The third kappa shape index (κ3) is 4.96. The van der Waals surface area contributed by atoms with E-state index >= 15 is 0 Å². The van der Waals surface area contributed by atoms with Crippen molar-refractivity contribution < 1.29 is 19.8 Å². The SMILES string of the molecule is O=C(N[C@@H](Cc1ccc(O)cc1)C(=O)O)C1CC=Cn2c(-c3ccc(Nc4nccs4)cc3)nnc21. The van der Waals surface area contributed by atoms with E-state index in [1.807, 2.05) is 41.9 Å². The van der Waals surface area contributed by atoms with Gasteiger partial charge in [-0.25, -0.2) is 9.78 Å². The number of aliphatic carboxylic acids is 1. The Bertz CT molecular complexity index is 1400. The van der Waals surface area contributed by atoms with Crippen molar-refractivity contribution in [1.29, 1.82) is 0 Å². The molecule has 1 aliphatic heterocycles. The van der Waals surface area contributed by atoms with Crippen LogP contribution in [0.5, 0.6) is 5.75 Å². The second kappa shape index (κ2) is 10.0. The number of thiazole rings is 1. The number of fused-ring (bicyclic) bond motifs is 1. The van der Waals surface area contributed by atoms with Gasteiger partial charge in [-0.1, -0.05) is 18.2 Å². The Kier molecular flexibility index (Phi) is 6.46. The molecule has 3 heterocycles. The minimum Gasteiger partial charge on any atom is -0.508 e. The summed E-state index contributed by atoms with van der Waals surface area (Å²) in [5.74, 6) is -1.14. The Hall–Kier alpha value is -4.51. The summed E-state index contributed by atoms with van der Waals surface area (Å²) in [5.41, 5.74) is 2.38. The van der Waals surface area contributed by atoms with Crippen LogP contribution in [0.15, 0.2) is 66.2 Å². The molecule has 182 valence electrons. The van der Waals surface area contributed by atoms with Gasteiger partial charge in [0.1, 0.15) is 23.5 Å². The lowest BCUT2D eigenvalue weighted by molar-refractivity contribution is -0.142. The van der Waals surface area contributed by atoms with Crippen LogP contribution < -0.4 is 10.6 Å². The van der Waals surface area contributed by atoms with Gasteiger partial charge in [-0.3, -0.25) is 9.36 Å². The maximum atomic E-state index is 13.1.